The molecule has 176 valence electrons. The van der Waals surface area contributed by atoms with E-state index < -0.39 is 51.7 Å². The van der Waals surface area contributed by atoms with E-state index in [0.29, 0.717) is 12.8 Å². The van der Waals surface area contributed by atoms with Crippen molar-refractivity contribution < 1.29 is 29.3 Å². The maximum Gasteiger partial charge on any atom is 0.320 e. The monoisotopic (exact) mass is 465 g/mol. The second-order valence-corrected chi connectivity index (χ2v) is 11.1. The Morgan fingerprint density at radius 1 is 1.31 bits per heavy atom. The smallest absolute Gasteiger partial charge is 0.320 e. The molecule has 0 aromatic rings. The fourth-order valence-corrected chi connectivity index (χ4v) is 7.86. The number of hydrogen-bond acceptors (Lipinski definition) is 7. The fraction of sp³-hybridized carbons (Fsp3) is 0.708. The number of carbonyl (C=O) groups is 3. The van der Waals surface area contributed by atoms with Crippen LogP contribution in [-0.2, 0) is 19.1 Å². The van der Waals surface area contributed by atoms with E-state index in [2.05, 4.69) is 6.08 Å². The lowest BCUT2D eigenvalue weighted by Crippen LogP contribution is -2.68. The highest BCUT2D eigenvalue weighted by Crippen LogP contribution is 2.70. The summed E-state index contributed by atoms with van der Waals surface area (Å²) in [7, 11) is 0. The van der Waals surface area contributed by atoms with Crippen LogP contribution in [0.4, 0.5) is 0 Å². The molecule has 8 atom stereocenters. The molecule has 32 heavy (non-hydrogen) atoms. The number of nitrogens with two attached hydrogens (primary N) is 1. The fourth-order valence-electron chi connectivity index (χ4n) is 7.36. The van der Waals surface area contributed by atoms with Crippen molar-refractivity contribution in [3.8, 4) is 0 Å². The summed E-state index contributed by atoms with van der Waals surface area (Å²) >= 11 is 7.36. The molecule has 4 N–H and O–H groups in total. The third-order valence-electron chi connectivity index (χ3n) is 9.14. The standard InChI is InChI=1S/C24H32ClNO6/c1-13-8-17-16-5-4-14-9-15(27)6-7-21(14,2)23(16,25)18(28)10-22(17,3)24(13,31)19(29)12-32-20(30)11-26/h4,6-7,13,16-18,28,31H,5,8-12,26H2,1-3H3/t13-,16-,17-,18-,21-,22-,23-,24-/m0/s1. The van der Waals surface area contributed by atoms with Crippen molar-refractivity contribution in [3.05, 3.63) is 23.8 Å². The molecule has 0 saturated heterocycles. The number of esters is 1. The lowest BCUT2D eigenvalue weighted by Gasteiger charge is -2.63. The van der Waals surface area contributed by atoms with Crippen LogP contribution in [0.1, 0.15) is 46.5 Å². The average Bonchev–Trinajstić information content (AvgIpc) is 2.94. The Hall–Kier alpha value is -1.54. The van der Waals surface area contributed by atoms with Crippen LogP contribution >= 0.6 is 11.6 Å². The van der Waals surface area contributed by atoms with Crippen LogP contribution in [0.3, 0.4) is 0 Å². The number of aliphatic hydroxyl groups excluding tert-OH is 1. The number of hydrogen-bond donors (Lipinski definition) is 3. The predicted molar refractivity (Wildman–Crippen MR) is 118 cm³/mol. The van der Waals surface area contributed by atoms with Crippen molar-refractivity contribution in [2.75, 3.05) is 13.2 Å². The summed E-state index contributed by atoms with van der Waals surface area (Å²) in [6.45, 7) is 4.72. The summed E-state index contributed by atoms with van der Waals surface area (Å²) < 4.78 is 4.94. The van der Waals surface area contributed by atoms with Gasteiger partial charge in [0.2, 0.25) is 5.78 Å². The van der Waals surface area contributed by atoms with Crippen molar-refractivity contribution in [1.82, 2.24) is 0 Å². The van der Waals surface area contributed by atoms with Gasteiger partial charge < -0.3 is 20.7 Å². The Bertz CT molecular complexity index is 931. The Kier molecular flexibility index (Phi) is 5.52. The number of fused-ring (bicyclic) bond motifs is 5. The van der Waals surface area contributed by atoms with Crippen LogP contribution in [0.2, 0.25) is 0 Å². The van der Waals surface area contributed by atoms with E-state index in [9.17, 15) is 24.6 Å². The highest BCUT2D eigenvalue weighted by Gasteiger charge is 2.74. The molecule has 2 fully saturated rings. The number of ether oxygens (including phenoxy) is 1. The minimum Gasteiger partial charge on any atom is -0.457 e. The lowest BCUT2D eigenvalue weighted by atomic mass is 9.46. The summed E-state index contributed by atoms with van der Waals surface area (Å²) in [5.74, 6) is -2.03. The first-order chi connectivity index (χ1) is 14.9. The summed E-state index contributed by atoms with van der Waals surface area (Å²) in [5, 5.41) is 23.3. The molecular weight excluding hydrogens is 434 g/mol. The van der Waals surface area contributed by atoms with Gasteiger partial charge in [-0.15, -0.1) is 11.6 Å². The highest BCUT2D eigenvalue weighted by molar-refractivity contribution is 6.26. The zero-order chi connectivity index (χ0) is 23.7. The van der Waals surface area contributed by atoms with E-state index in [1.165, 1.54) is 0 Å². The third-order valence-corrected chi connectivity index (χ3v) is 10.1. The molecule has 0 amide bonds. The Morgan fingerprint density at radius 2 is 2.00 bits per heavy atom. The number of ketones is 2. The molecule has 2 saturated carbocycles. The van der Waals surface area contributed by atoms with Crippen molar-refractivity contribution in [2.24, 2.45) is 34.3 Å². The second-order valence-electron chi connectivity index (χ2n) is 10.5. The topological polar surface area (TPSA) is 127 Å². The molecule has 4 aliphatic carbocycles. The number of Topliss-reactive ketones (excluding diaryl/α,β-unsaturated/α-hetero) is 1. The van der Waals surface area contributed by atoms with Gasteiger partial charge in [0.1, 0.15) is 5.60 Å². The molecule has 0 aromatic heterocycles. The highest BCUT2D eigenvalue weighted by atomic mass is 35.5. The minimum absolute atomic E-state index is 0.0177. The minimum atomic E-state index is -1.77. The van der Waals surface area contributed by atoms with Gasteiger partial charge in [-0.1, -0.05) is 38.5 Å². The number of allylic oxidation sites excluding steroid dienone is 4. The zero-order valence-corrected chi connectivity index (χ0v) is 19.5. The molecule has 0 radical (unpaired) electrons. The van der Waals surface area contributed by atoms with Gasteiger partial charge >= 0.3 is 5.97 Å². The number of halogens is 1. The maximum atomic E-state index is 13.2. The molecule has 0 aliphatic heterocycles. The van der Waals surface area contributed by atoms with Gasteiger partial charge in [0, 0.05) is 17.3 Å². The summed E-state index contributed by atoms with van der Waals surface area (Å²) in [5.41, 5.74) is 2.76. The molecule has 7 nitrogen and oxygen atoms in total. The largest absolute Gasteiger partial charge is 0.457 e. The molecule has 0 unspecified atom stereocenters. The van der Waals surface area contributed by atoms with E-state index in [4.69, 9.17) is 22.1 Å². The molecule has 0 spiro atoms. The molecular formula is C24H32ClNO6. The molecule has 0 bridgehead atoms. The quantitative estimate of drug-likeness (QED) is 0.327. The lowest BCUT2D eigenvalue weighted by molar-refractivity contribution is -0.181. The predicted octanol–water partition coefficient (Wildman–Crippen LogP) is 1.67. The maximum absolute atomic E-state index is 13.2. The van der Waals surface area contributed by atoms with Crippen LogP contribution in [0.15, 0.2) is 23.8 Å². The van der Waals surface area contributed by atoms with Crippen molar-refractivity contribution in [2.45, 2.75) is 63.0 Å². The first-order valence-electron chi connectivity index (χ1n) is 11.3. The molecule has 0 heterocycles. The van der Waals surface area contributed by atoms with Gasteiger partial charge in [0.05, 0.1) is 17.5 Å². The van der Waals surface area contributed by atoms with Gasteiger partial charge in [-0.2, -0.15) is 0 Å². The molecule has 8 heteroatoms. The zero-order valence-electron chi connectivity index (χ0n) is 18.8. The van der Waals surface area contributed by atoms with Crippen molar-refractivity contribution in [3.63, 3.8) is 0 Å². The van der Waals surface area contributed by atoms with Crippen LogP contribution < -0.4 is 5.73 Å². The SMILES string of the molecule is C[C@H]1C[C@H]2[C@@H]3CC=C4CC(=O)C=C[C@]4(C)[C@@]3(Cl)[C@@H](O)C[C@]2(C)[C@@]1(O)C(=O)COC(=O)CN. The number of rotatable bonds is 4. The van der Waals surface area contributed by atoms with Gasteiger partial charge in [-0.3, -0.25) is 14.4 Å². The van der Waals surface area contributed by atoms with Gasteiger partial charge in [0.15, 0.2) is 12.4 Å². The van der Waals surface area contributed by atoms with Crippen LogP contribution in [-0.4, -0.2) is 57.5 Å². The van der Waals surface area contributed by atoms with E-state index in [0.717, 1.165) is 5.57 Å². The van der Waals surface area contributed by atoms with E-state index in [1.807, 2.05) is 26.8 Å². The van der Waals surface area contributed by atoms with Crippen LogP contribution in [0, 0.1) is 28.6 Å². The van der Waals surface area contributed by atoms with Gasteiger partial charge in [-0.05, 0) is 43.1 Å². The summed E-state index contributed by atoms with van der Waals surface area (Å²) in [4.78, 5) is 35.6. The first kappa shape index (κ1) is 23.6. The average molecular weight is 466 g/mol. The Morgan fingerprint density at radius 3 is 2.66 bits per heavy atom. The van der Waals surface area contributed by atoms with E-state index >= 15 is 0 Å². The normalized spacial score (nSPS) is 47.2. The first-order valence-corrected chi connectivity index (χ1v) is 11.6. The Labute approximate surface area is 193 Å². The van der Waals surface area contributed by atoms with E-state index in [-0.39, 0.29) is 37.0 Å². The molecule has 0 aromatic carbocycles. The van der Waals surface area contributed by atoms with Crippen molar-refractivity contribution in [1.29, 1.82) is 0 Å². The summed E-state index contributed by atoms with van der Waals surface area (Å²) in [6.07, 6.45) is 5.93. The second kappa shape index (κ2) is 7.49. The number of aliphatic hydroxyl groups is 2. The van der Waals surface area contributed by atoms with Gasteiger partial charge in [-0.25, -0.2) is 0 Å². The van der Waals surface area contributed by atoms with Crippen LogP contribution in [0.25, 0.3) is 0 Å². The van der Waals surface area contributed by atoms with Crippen LogP contribution in [0.5, 0.6) is 0 Å². The molecule has 4 rings (SSSR count). The van der Waals surface area contributed by atoms with Gasteiger partial charge in [0.25, 0.3) is 0 Å². The molecule has 4 aliphatic rings. The number of carbonyl (C=O) groups excluding carboxylic acids is 3. The number of alkyl halides is 1. The summed E-state index contributed by atoms with van der Waals surface area (Å²) in [6, 6.07) is 0. The Balaban J connectivity index is 1.73. The van der Waals surface area contributed by atoms with Crippen molar-refractivity contribution >= 4 is 29.1 Å². The van der Waals surface area contributed by atoms with E-state index in [1.54, 1.807) is 6.08 Å². The third kappa shape index (κ3) is 2.81.